The highest BCUT2D eigenvalue weighted by molar-refractivity contribution is 7.89. The first kappa shape index (κ1) is 21.9. The summed E-state index contributed by atoms with van der Waals surface area (Å²) in [5, 5.41) is 6.99. The van der Waals surface area contributed by atoms with Gasteiger partial charge in [0.05, 0.1) is 24.1 Å². The van der Waals surface area contributed by atoms with Gasteiger partial charge in [-0.15, -0.1) is 0 Å². The van der Waals surface area contributed by atoms with Crippen LogP contribution in [0.3, 0.4) is 0 Å². The molecule has 2 fully saturated rings. The predicted octanol–water partition coefficient (Wildman–Crippen LogP) is 1.73. The van der Waals surface area contributed by atoms with Crippen LogP contribution in [-0.2, 0) is 21.2 Å². The summed E-state index contributed by atoms with van der Waals surface area (Å²) >= 11 is 0. The fraction of sp³-hybridized carbons (Fsp3) is 0.571. The van der Waals surface area contributed by atoms with E-state index in [0.29, 0.717) is 44.7 Å². The molecule has 1 amide bonds. The molecule has 9 nitrogen and oxygen atoms in total. The number of nitrogens with zero attached hydrogens (tertiary/aromatic N) is 3. The lowest BCUT2D eigenvalue weighted by Crippen LogP contribution is -2.40. The maximum atomic E-state index is 12.7. The molecule has 0 aliphatic carbocycles. The molecule has 0 bridgehead atoms. The highest BCUT2D eigenvalue weighted by atomic mass is 32.2. The summed E-state index contributed by atoms with van der Waals surface area (Å²) in [6, 6.07) is 5.34. The van der Waals surface area contributed by atoms with Crippen LogP contribution in [0.4, 0.5) is 0 Å². The average Bonchev–Trinajstić information content (AvgIpc) is 3.30. The van der Waals surface area contributed by atoms with E-state index in [0.717, 1.165) is 25.0 Å². The Morgan fingerprint density at radius 1 is 1.19 bits per heavy atom. The van der Waals surface area contributed by atoms with Crippen molar-refractivity contribution in [1.29, 1.82) is 0 Å². The van der Waals surface area contributed by atoms with E-state index in [2.05, 4.69) is 15.5 Å². The Bertz CT molecular complexity index is 965. The molecule has 0 aromatic carbocycles. The molecule has 2 aliphatic rings. The third kappa shape index (κ3) is 5.69. The molecule has 4 heterocycles. The highest BCUT2D eigenvalue weighted by Gasteiger charge is 2.30. The second-order valence-electron chi connectivity index (χ2n) is 8.10. The summed E-state index contributed by atoms with van der Waals surface area (Å²) in [7, 11) is -3.32. The van der Waals surface area contributed by atoms with Crippen LogP contribution >= 0.6 is 0 Å². The van der Waals surface area contributed by atoms with Gasteiger partial charge in [0.1, 0.15) is 0 Å². The molecule has 1 N–H and O–H groups in total. The van der Waals surface area contributed by atoms with Gasteiger partial charge in [-0.05, 0) is 49.8 Å². The SMILES string of the molecule is O=C(NC1CCCOC1)c1cc(C2CCN(S(=O)(=O)CCc3ccncc3)CC2)no1. The van der Waals surface area contributed by atoms with E-state index < -0.39 is 10.0 Å². The topological polar surface area (TPSA) is 115 Å². The average molecular weight is 449 g/mol. The molecule has 4 rings (SSSR count). The number of ether oxygens (including phenoxy) is 1. The molecule has 168 valence electrons. The summed E-state index contributed by atoms with van der Waals surface area (Å²) in [6.07, 6.45) is 6.93. The first-order chi connectivity index (χ1) is 15.0. The van der Waals surface area contributed by atoms with Gasteiger partial charge in [0, 0.05) is 44.1 Å². The monoisotopic (exact) mass is 448 g/mol. The Morgan fingerprint density at radius 3 is 2.68 bits per heavy atom. The molecular formula is C21H28N4O5S. The largest absolute Gasteiger partial charge is 0.379 e. The van der Waals surface area contributed by atoms with Gasteiger partial charge in [0.25, 0.3) is 5.91 Å². The van der Waals surface area contributed by atoms with Gasteiger partial charge in [-0.3, -0.25) is 9.78 Å². The number of sulfonamides is 1. The van der Waals surface area contributed by atoms with Crippen molar-refractivity contribution >= 4 is 15.9 Å². The molecule has 1 unspecified atom stereocenters. The van der Waals surface area contributed by atoms with Crippen molar-refractivity contribution in [3.63, 3.8) is 0 Å². The Kier molecular flexibility index (Phi) is 6.99. The molecule has 2 aromatic heterocycles. The van der Waals surface area contributed by atoms with E-state index in [9.17, 15) is 13.2 Å². The number of carbonyl (C=O) groups excluding carboxylic acids is 1. The van der Waals surface area contributed by atoms with Gasteiger partial charge in [-0.1, -0.05) is 5.16 Å². The van der Waals surface area contributed by atoms with Crippen LogP contribution < -0.4 is 5.32 Å². The molecule has 1 atom stereocenters. The van der Waals surface area contributed by atoms with Crippen LogP contribution in [0.5, 0.6) is 0 Å². The summed E-state index contributed by atoms with van der Waals surface area (Å²) in [5.41, 5.74) is 1.67. The number of nitrogens with one attached hydrogen (secondary N) is 1. The van der Waals surface area contributed by atoms with E-state index in [4.69, 9.17) is 9.26 Å². The first-order valence-corrected chi connectivity index (χ1v) is 12.3. The van der Waals surface area contributed by atoms with Crippen molar-refractivity contribution in [3.8, 4) is 0 Å². The van der Waals surface area contributed by atoms with Gasteiger partial charge >= 0.3 is 0 Å². The number of rotatable bonds is 7. The summed E-state index contributed by atoms with van der Waals surface area (Å²) < 4.78 is 37.6. The molecule has 2 aliphatic heterocycles. The molecule has 0 spiro atoms. The van der Waals surface area contributed by atoms with Gasteiger partial charge in [0.2, 0.25) is 15.8 Å². The number of hydrogen-bond acceptors (Lipinski definition) is 7. The number of hydrogen-bond donors (Lipinski definition) is 1. The summed E-state index contributed by atoms with van der Waals surface area (Å²) in [6.45, 7) is 2.13. The fourth-order valence-electron chi connectivity index (χ4n) is 4.05. The van der Waals surface area contributed by atoms with Gasteiger partial charge < -0.3 is 14.6 Å². The van der Waals surface area contributed by atoms with Crippen LogP contribution in [-0.4, -0.2) is 66.9 Å². The van der Waals surface area contributed by atoms with E-state index in [-0.39, 0.29) is 29.4 Å². The van der Waals surface area contributed by atoms with Crippen LogP contribution in [0, 0.1) is 0 Å². The van der Waals surface area contributed by atoms with Crippen molar-refractivity contribution in [1.82, 2.24) is 19.8 Å². The smallest absolute Gasteiger partial charge is 0.290 e. The number of amides is 1. The lowest BCUT2D eigenvalue weighted by atomic mass is 9.94. The zero-order valence-corrected chi connectivity index (χ0v) is 18.2. The quantitative estimate of drug-likeness (QED) is 0.686. The number of pyridine rings is 1. The first-order valence-electron chi connectivity index (χ1n) is 10.7. The van der Waals surface area contributed by atoms with Crippen molar-refractivity contribution in [2.45, 2.75) is 44.1 Å². The van der Waals surface area contributed by atoms with Crippen molar-refractivity contribution in [2.24, 2.45) is 0 Å². The highest BCUT2D eigenvalue weighted by Crippen LogP contribution is 2.29. The second kappa shape index (κ2) is 9.88. The van der Waals surface area contributed by atoms with Crippen molar-refractivity contribution < 1.29 is 22.5 Å². The zero-order valence-electron chi connectivity index (χ0n) is 17.4. The third-order valence-electron chi connectivity index (χ3n) is 5.91. The fourth-order valence-corrected chi connectivity index (χ4v) is 5.57. The van der Waals surface area contributed by atoms with Gasteiger partial charge in [-0.2, -0.15) is 0 Å². The third-order valence-corrected chi connectivity index (χ3v) is 7.78. The van der Waals surface area contributed by atoms with E-state index in [1.54, 1.807) is 22.8 Å². The molecule has 0 saturated carbocycles. The normalized spacial score (nSPS) is 21.1. The maximum Gasteiger partial charge on any atom is 0.290 e. The van der Waals surface area contributed by atoms with Crippen molar-refractivity contribution in [2.75, 3.05) is 32.1 Å². The zero-order chi connectivity index (χ0) is 21.7. The number of piperidine rings is 1. The van der Waals surface area contributed by atoms with Crippen LogP contribution in [0.25, 0.3) is 0 Å². The molecule has 31 heavy (non-hydrogen) atoms. The number of carbonyl (C=O) groups is 1. The second-order valence-corrected chi connectivity index (χ2v) is 10.2. The predicted molar refractivity (Wildman–Crippen MR) is 113 cm³/mol. The standard InChI is InChI=1S/C21H28N4O5S/c26-21(23-18-2-1-12-29-15-18)20-14-19(24-30-20)17-5-10-25(11-6-17)31(27,28)13-7-16-3-8-22-9-4-16/h3-4,8-9,14,17-18H,1-2,5-7,10-13,15H2,(H,23,26). The van der Waals surface area contributed by atoms with E-state index >= 15 is 0 Å². The number of aryl methyl sites for hydroxylation is 1. The van der Waals surface area contributed by atoms with Crippen molar-refractivity contribution in [3.05, 3.63) is 47.6 Å². The molecule has 2 saturated heterocycles. The Morgan fingerprint density at radius 2 is 1.97 bits per heavy atom. The van der Waals surface area contributed by atoms with Crippen LogP contribution in [0.1, 0.15) is 53.4 Å². The van der Waals surface area contributed by atoms with Crippen LogP contribution in [0.15, 0.2) is 35.1 Å². The van der Waals surface area contributed by atoms with Gasteiger partial charge in [0.15, 0.2) is 0 Å². The Labute approximate surface area is 182 Å². The maximum absolute atomic E-state index is 12.7. The van der Waals surface area contributed by atoms with E-state index in [1.807, 2.05) is 12.1 Å². The molecular weight excluding hydrogens is 420 g/mol. The van der Waals surface area contributed by atoms with Gasteiger partial charge in [-0.25, -0.2) is 12.7 Å². The minimum absolute atomic E-state index is 0.00426. The van der Waals surface area contributed by atoms with E-state index in [1.165, 1.54) is 0 Å². The Balaban J connectivity index is 1.28. The minimum atomic E-state index is -3.32. The van der Waals surface area contributed by atoms with Crippen LogP contribution in [0.2, 0.25) is 0 Å². The lowest BCUT2D eigenvalue weighted by molar-refractivity contribution is 0.0608. The molecule has 2 aromatic rings. The minimum Gasteiger partial charge on any atom is -0.379 e. The summed E-state index contributed by atoms with van der Waals surface area (Å²) in [5.74, 6) is 0.0641. The summed E-state index contributed by atoms with van der Waals surface area (Å²) in [4.78, 5) is 16.3. The molecule has 0 radical (unpaired) electrons. The number of aromatic nitrogens is 2. The lowest BCUT2D eigenvalue weighted by Gasteiger charge is -2.30. The Hall–Kier alpha value is -2.30. The molecule has 10 heteroatoms.